The number of aryl methyl sites for hydroxylation is 2. The van der Waals surface area contributed by atoms with E-state index in [-0.39, 0.29) is 4.90 Å². The summed E-state index contributed by atoms with van der Waals surface area (Å²) in [4.78, 5) is 0.117. The van der Waals surface area contributed by atoms with Crippen molar-refractivity contribution in [2.45, 2.75) is 31.1 Å². The van der Waals surface area contributed by atoms with Gasteiger partial charge < -0.3 is 4.57 Å². The van der Waals surface area contributed by atoms with Crippen molar-refractivity contribution in [1.29, 1.82) is 0 Å². The Balaban J connectivity index is 1.86. The molecular weight excluding hydrogens is 300 g/mol. The predicted molar refractivity (Wildman–Crippen MR) is 84.3 cm³/mol. The first-order valence-corrected chi connectivity index (χ1v) is 8.60. The maximum atomic E-state index is 12.2. The van der Waals surface area contributed by atoms with E-state index >= 15 is 0 Å². The molecule has 116 valence electrons. The molecule has 1 heterocycles. The molecule has 22 heavy (non-hydrogen) atoms. The zero-order chi connectivity index (χ0) is 15.7. The molecule has 6 heteroatoms. The van der Waals surface area contributed by atoms with Crippen molar-refractivity contribution in [3.8, 4) is 0 Å². The summed E-state index contributed by atoms with van der Waals surface area (Å²) in [5.41, 5.74) is 3.83. The van der Waals surface area contributed by atoms with Crippen LogP contribution in [0, 0.1) is 6.92 Å². The predicted octanol–water partition coefficient (Wildman–Crippen LogP) is 2.78. The second-order valence-corrected chi connectivity index (χ2v) is 7.05. The van der Waals surface area contributed by atoms with Gasteiger partial charge in [0, 0.05) is 24.5 Å². The summed E-state index contributed by atoms with van der Waals surface area (Å²) in [5, 5.41) is 3.92. The number of aromatic nitrogens is 1. The van der Waals surface area contributed by atoms with E-state index < -0.39 is 10.1 Å². The van der Waals surface area contributed by atoms with Gasteiger partial charge in [0.25, 0.3) is 0 Å². The molecule has 3 rings (SSSR count). The fourth-order valence-electron chi connectivity index (χ4n) is 2.63. The Labute approximate surface area is 130 Å². The van der Waals surface area contributed by atoms with Crippen molar-refractivity contribution in [3.05, 3.63) is 53.3 Å². The van der Waals surface area contributed by atoms with Crippen LogP contribution in [-0.2, 0) is 27.9 Å². The number of benzene rings is 1. The van der Waals surface area contributed by atoms with E-state index in [9.17, 15) is 8.42 Å². The highest BCUT2D eigenvalue weighted by Crippen LogP contribution is 2.23. The third kappa shape index (κ3) is 2.78. The second-order valence-electron chi connectivity index (χ2n) is 5.52. The Hall–Kier alpha value is -2.08. The number of rotatable bonds is 3. The summed E-state index contributed by atoms with van der Waals surface area (Å²) in [6.45, 7) is 1.90. The molecule has 5 nitrogen and oxygen atoms in total. The van der Waals surface area contributed by atoms with Crippen LogP contribution in [-0.4, -0.2) is 18.7 Å². The van der Waals surface area contributed by atoms with Gasteiger partial charge in [0.05, 0.1) is 5.71 Å². The molecule has 0 atom stereocenters. The molecule has 1 aliphatic carbocycles. The minimum Gasteiger partial charge on any atom is -0.354 e. The first-order valence-electron chi connectivity index (χ1n) is 7.19. The first-order chi connectivity index (χ1) is 10.5. The van der Waals surface area contributed by atoms with Crippen LogP contribution in [0.3, 0.4) is 0 Å². The molecule has 0 saturated carbocycles. The molecule has 0 spiro atoms. The maximum absolute atomic E-state index is 12.2. The molecular formula is C16H18N2O3S. The fourth-order valence-corrected chi connectivity index (χ4v) is 3.37. The van der Waals surface area contributed by atoms with Crippen molar-refractivity contribution in [1.82, 2.24) is 4.57 Å². The highest BCUT2D eigenvalue weighted by atomic mass is 32.2. The fraction of sp³-hybridized carbons (Fsp3) is 0.312. The number of oxime groups is 1. The van der Waals surface area contributed by atoms with Crippen LogP contribution in [0.5, 0.6) is 0 Å². The van der Waals surface area contributed by atoms with Crippen molar-refractivity contribution in [2.75, 3.05) is 0 Å². The van der Waals surface area contributed by atoms with E-state index in [1.54, 1.807) is 12.1 Å². The van der Waals surface area contributed by atoms with Gasteiger partial charge in [-0.2, -0.15) is 8.42 Å². The molecule has 0 unspecified atom stereocenters. The Morgan fingerprint density at radius 2 is 1.86 bits per heavy atom. The van der Waals surface area contributed by atoms with E-state index in [1.807, 2.05) is 30.8 Å². The Morgan fingerprint density at radius 3 is 2.59 bits per heavy atom. The Bertz CT molecular complexity index is 818. The average molecular weight is 318 g/mol. The summed E-state index contributed by atoms with van der Waals surface area (Å²) in [6.07, 6.45) is 4.60. The number of nitrogens with zero attached hydrogens (tertiary/aromatic N) is 2. The van der Waals surface area contributed by atoms with Crippen molar-refractivity contribution in [3.63, 3.8) is 0 Å². The monoisotopic (exact) mass is 318 g/mol. The van der Waals surface area contributed by atoms with Crippen LogP contribution < -0.4 is 0 Å². The van der Waals surface area contributed by atoms with E-state index in [2.05, 4.69) is 5.16 Å². The molecule has 0 saturated heterocycles. The Kier molecular flexibility index (Phi) is 3.78. The lowest BCUT2D eigenvalue weighted by atomic mass is 9.96. The van der Waals surface area contributed by atoms with Gasteiger partial charge in [-0.3, -0.25) is 4.28 Å². The van der Waals surface area contributed by atoms with Crippen LogP contribution in [0.1, 0.15) is 29.7 Å². The molecule has 0 N–H and O–H groups in total. The third-order valence-corrected chi connectivity index (χ3v) is 5.02. The number of hydrogen-bond donors (Lipinski definition) is 0. The van der Waals surface area contributed by atoms with E-state index in [4.69, 9.17) is 4.28 Å². The molecule has 1 aliphatic rings. The van der Waals surface area contributed by atoms with Crippen molar-refractivity contribution >= 4 is 15.8 Å². The van der Waals surface area contributed by atoms with Crippen LogP contribution in [0.15, 0.2) is 46.6 Å². The van der Waals surface area contributed by atoms with Crippen LogP contribution in [0.25, 0.3) is 0 Å². The van der Waals surface area contributed by atoms with Crippen molar-refractivity contribution in [2.24, 2.45) is 12.2 Å². The van der Waals surface area contributed by atoms with E-state index in [1.165, 1.54) is 17.8 Å². The molecule has 0 radical (unpaired) electrons. The van der Waals surface area contributed by atoms with Crippen LogP contribution in [0.2, 0.25) is 0 Å². The van der Waals surface area contributed by atoms with Gasteiger partial charge in [-0.05, 0) is 44.4 Å². The summed E-state index contributed by atoms with van der Waals surface area (Å²) in [5.74, 6) is 0. The van der Waals surface area contributed by atoms with E-state index in [0.717, 1.165) is 30.4 Å². The Morgan fingerprint density at radius 1 is 1.14 bits per heavy atom. The second kappa shape index (κ2) is 5.61. The van der Waals surface area contributed by atoms with Gasteiger partial charge in [-0.25, -0.2) is 0 Å². The third-order valence-electron chi connectivity index (χ3n) is 3.89. The summed E-state index contributed by atoms with van der Waals surface area (Å²) in [6, 6.07) is 8.48. The summed E-state index contributed by atoms with van der Waals surface area (Å²) in [7, 11) is -1.89. The lowest BCUT2D eigenvalue weighted by Gasteiger charge is -2.15. The SMILES string of the molecule is Cc1ccc(S(=O)(=O)O/N=C2\CCCc3c2ccn3C)cc1. The zero-order valence-corrected chi connectivity index (χ0v) is 13.4. The first kappa shape index (κ1) is 14.8. The minimum absolute atomic E-state index is 0.117. The maximum Gasteiger partial charge on any atom is 0.358 e. The highest BCUT2D eigenvalue weighted by molar-refractivity contribution is 7.86. The number of hydrogen-bond acceptors (Lipinski definition) is 4. The minimum atomic E-state index is -3.87. The lowest BCUT2D eigenvalue weighted by Crippen LogP contribution is -2.14. The lowest BCUT2D eigenvalue weighted by molar-refractivity contribution is 0.337. The summed E-state index contributed by atoms with van der Waals surface area (Å²) < 4.78 is 31.3. The topological polar surface area (TPSA) is 60.7 Å². The zero-order valence-electron chi connectivity index (χ0n) is 12.6. The molecule has 0 amide bonds. The molecule has 1 aromatic heterocycles. The van der Waals surface area contributed by atoms with Crippen LogP contribution >= 0.6 is 0 Å². The average Bonchev–Trinajstić information content (AvgIpc) is 2.88. The highest BCUT2D eigenvalue weighted by Gasteiger charge is 2.21. The largest absolute Gasteiger partial charge is 0.358 e. The standard InChI is InChI=1S/C16H18N2O3S/c1-12-6-8-13(9-7-12)22(19,20)21-17-15-4-3-5-16-14(15)10-11-18(16)2/h6-11H,3-5H2,1-2H3/b17-15+. The normalized spacial score (nSPS) is 16.5. The quantitative estimate of drug-likeness (QED) is 0.818. The number of fused-ring (bicyclic) bond motifs is 1. The molecule has 2 aromatic rings. The van der Waals surface area contributed by atoms with E-state index in [0.29, 0.717) is 5.71 Å². The molecule has 0 fully saturated rings. The van der Waals surface area contributed by atoms with Gasteiger partial charge in [-0.1, -0.05) is 22.9 Å². The van der Waals surface area contributed by atoms with Crippen LogP contribution in [0.4, 0.5) is 0 Å². The van der Waals surface area contributed by atoms with Gasteiger partial charge in [0.15, 0.2) is 0 Å². The molecule has 0 bridgehead atoms. The van der Waals surface area contributed by atoms with Gasteiger partial charge in [0.1, 0.15) is 4.90 Å². The summed E-state index contributed by atoms with van der Waals surface area (Å²) >= 11 is 0. The van der Waals surface area contributed by atoms with Gasteiger partial charge in [0.2, 0.25) is 0 Å². The smallest absolute Gasteiger partial charge is 0.354 e. The molecule has 0 aliphatic heterocycles. The van der Waals surface area contributed by atoms with Gasteiger partial charge in [-0.15, -0.1) is 0 Å². The molecule has 1 aromatic carbocycles. The van der Waals surface area contributed by atoms with Crippen molar-refractivity contribution < 1.29 is 12.7 Å². The van der Waals surface area contributed by atoms with Gasteiger partial charge >= 0.3 is 10.1 Å².